The van der Waals surface area contributed by atoms with Crippen LogP contribution in [0.5, 0.6) is 0 Å². The highest BCUT2D eigenvalue weighted by atomic mass is 16.5. The van der Waals surface area contributed by atoms with Crippen molar-refractivity contribution in [3.8, 4) is 11.4 Å². The van der Waals surface area contributed by atoms with Crippen molar-refractivity contribution in [2.24, 2.45) is 5.92 Å². The summed E-state index contributed by atoms with van der Waals surface area (Å²) in [5, 5.41) is 0. The first-order valence-electron chi connectivity index (χ1n) is 13.3. The largest absolute Gasteiger partial charge is 0.459 e. The molecule has 1 fully saturated rings. The molecule has 0 bridgehead atoms. The monoisotopic (exact) mass is 450 g/mol. The van der Waals surface area contributed by atoms with Crippen LogP contribution in [-0.4, -0.2) is 22.0 Å². The molecule has 1 aromatic carbocycles. The number of esters is 1. The van der Waals surface area contributed by atoms with E-state index in [1.165, 1.54) is 76.2 Å². The van der Waals surface area contributed by atoms with Gasteiger partial charge < -0.3 is 4.74 Å². The molecule has 1 saturated carbocycles. The van der Waals surface area contributed by atoms with Gasteiger partial charge >= 0.3 is 5.97 Å². The number of carbonyl (C=O) groups is 1. The van der Waals surface area contributed by atoms with Gasteiger partial charge in [0.05, 0.1) is 5.56 Å². The molecule has 0 atom stereocenters. The molecule has 1 aliphatic rings. The van der Waals surface area contributed by atoms with E-state index < -0.39 is 0 Å². The van der Waals surface area contributed by atoms with Crippen LogP contribution < -0.4 is 0 Å². The van der Waals surface area contributed by atoms with Crippen LogP contribution in [0.2, 0.25) is 0 Å². The lowest BCUT2D eigenvalue weighted by molar-refractivity contribution is 0.0161. The normalized spacial score (nSPS) is 18.2. The number of hydrogen-bond acceptors (Lipinski definition) is 4. The van der Waals surface area contributed by atoms with Crippen molar-refractivity contribution < 1.29 is 9.53 Å². The highest BCUT2D eigenvalue weighted by Crippen LogP contribution is 2.30. The zero-order valence-corrected chi connectivity index (χ0v) is 20.7. The molecule has 2 aromatic rings. The van der Waals surface area contributed by atoms with E-state index in [0.29, 0.717) is 11.4 Å². The summed E-state index contributed by atoms with van der Waals surface area (Å²) >= 11 is 0. The minimum absolute atomic E-state index is 0.0671. The minimum Gasteiger partial charge on any atom is -0.459 e. The van der Waals surface area contributed by atoms with E-state index >= 15 is 0 Å². The van der Waals surface area contributed by atoms with E-state index in [0.717, 1.165) is 30.7 Å². The fourth-order valence-electron chi connectivity index (χ4n) is 4.76. The Labute approximate surface area is 200 Å². The van der Waals surface area contributed by atoms with E-state index in [1.807, 2.05) is 36.7 Å². The molecular weight excluding hydrogens is 408 g/mol. The Hall–Kier alpha value is -2.23. The predicted molar refractivity (Wildman–Crippen MR) is 135 cm³/mol. The van der Waals surface area contributed by atoms with Crippen LogP contribution >= 0.6 is 0 Å². The van der Waals surface area contributed by atoms with Crippen LogP contribution in [0.25, 0.3) is 11.4 Å². The Kier molecular flexibility index (Phi) is 10.9. The molecule has 180 valence electrons. The van der Waals surface area contributed by atoms with Crippen LogP contribution in [0.15, 0.2) is 36.7 Å². The van der Waals surface area contributed by atoms with E-state index in [4.69, 9.17) is 4.74 Å². The number of ether oxygens (including phenoxy) is 1. The third-order valence-electron chi connectivity index (χ3n) is 6.94. The zero-order valence-electron chi connectivity index (χ0n) is 20.7. The van der Waals surface area contributed by atoms with Gasteiger partial charge in [0.1, 0.15) is 6.10 Å². The lowest BCUT2D eigenvalue weighted by Gasteiger charge is -2.28. The van der Waals surface area contributed by atoms with Gasteiger partial charge in [-0.1, -0.05) is 77.3 Å². The number of aryl methyl sites for hydroxylation is 1. The number of hydrogen-bond donors (Lipinski definition) is 0. The summed E-state index contributed by atoms with van der Waals surface area (Å²) in [5.74, 6) is 1.31. The van der Waals surface area contributed by atoms with Crippen molar-refractivity contribution in [3.05, 3.63) is 47.8 Å². The number of unbranched alkanes of at least 4 members (excludes halogenated alkanes) is 6. The molecule has 0 N–H and O–H groups in total. The fraction of sp³-hybridized carbons (Fsp3) is 0.621. The number of nitrogens with zero attached hydrogens (tertiary/aromatic N) is 2. The van der Waals surface area contributed by atoms with Gasteiger partial charge in [-0.05, 0) is 62.1 Å². The second-order valence-corrected chi connectivity index (χ2v) is 9.70. The van der Waals surface area contributed by atoms with Crippen LogP contribution in [0.1, 0.15) is 113 Å². The van der Waals surface area contributed by atoms with Crippen LogP contribution in [-0.2, 0) is 11.2 Å². The second-order valence-electron chi connectivity index (χ2n) is 9.70. The van der Waals surface area contributed by atoms with Gasteiger partial charge in [0.15, 0.2) is 5.82 Å². The van der Waals surface area contributed by atoms with Gasteiger partial charge in [0.25, 0.3) is 0 Å². The predicted octanol–water partition coefficient (Wildman–Crippen LogP) is 7.95. The van der Waals surface area contributed by atoms with Gasteiger partial charge in [0, 0.05) is 18.0 Å². The highest BCUT2D eigenvalue weighted by Gasteiger charge is 2.24. The molecular formula is C29H42N2O2. The van der Waals surface area contributed by atoms with Crippen molar-refractivity contribution in [3.63, 3.8) is 0 Å². The summed E-state index contributed by atoms with van der Waals surface area (Å²) in [6, 6.07) is 7.50. The van der Waals surface area contributed by atoms with Crippen molar-refractivity contribution in [1.29, 1.82) is 0 Å². The number of carbonyl (C=O) groups excluding carboxylic acids is 1. The van der Waals surface area contributed by atoms with Crippen molar-refractivity contribution in [2.45, 2.75) is 110 Å². The molecule has 1 aliphatic carbocycles. The number of benzene rings is 1. The SMILES string of the molecule is CCCCCCCc1cnc(-c2ccc(C(=O)OC3CCC(CCCCC)CC3)cc2)nc1. The Morgan fingerprint density at radius 3 is 2.15 bits per heavy atom. The molecule has 0 amide bonds. The quantitative estimate of drug-likeness (QED) is 0.229. The summed E-state index contributed by atoms with van der Waals surface area (Å²) in [4.78, 5) is 21.7. The van der Waals surface area contributed by atoms with Crippen LogP contribution in [0, 0.1) is 5.92 Å². The summed E-state index contributed by atoms with van der Waals surface area (Å²) in [7, 11) is 0. The second kappa shape index (κ2) is 14.1. The summed E-state index contributed by atoms with van der Waals surface area (Å²) in [6.07, 6.45) is 21.0. The Morgan fingerprint density at radius 1 is 0.848 bits per heavy atom. The maximum atomic E-state index is 12.6. The Bertz CT molecular complexity index is 809. The zero-order chi connectivity index (χ0) is 23.3. The maximum Gasteiger partial charge on any atom is 0.338 e. The summed E-state index contributed by atoms with van der Waals surface area (Å²) in [5.41, 5.74) is 2.72. The van der Waals surface area contributed by atoms with E-state index in [1.54, 1.807) is 0 Å². The third kappa shape index (κ3) is 8.57. The molecule has 0 unspecified atom stereocenters. The van der Waals surface area contributed by atoms with E-state index in [9.17, 15) is 4.79 Å². The molecule has 0 saturated heterocycles. The van der Waals surface area contributed by atoms with Crippen molar-refractivity contribution in [2.75, 3.05) is 0 Å². The molecule has 0 aliphatic heterocycles. The lowest BCUT2D eigenvalue weighted by Crippen LogP contribution is -2.24. The topological polar surface area (TPSA) is 52.1 Å². The first kappa shape index (κ1) is 25.4. The van der Waals surface area contributed by atoms with Crippen LogP contribution in [0.3, 0.4) is 0 Å². The summed E-state index contributed by atoms with van der Waals surface area (Å²) < 4.78 is 5.80. The molecule has 1 aromatic heterocycles. The highest BCUT2D eigenvalue weighted by molar-refractivity contribution is 5.90. The van der Waals surface area contributed by atoms with Gasteiger partial charge in [-0.15, -0.1) is 0 Å². The lowest BCUT2D eigenvalue weighted by atomic mass is 9.84. The first-order chi connectivity index (χ1) is 16.2. The number of aromatic nitrogens is 2. The van der Waals surface area contributed by atoms with E-state index in [-0.39, 0.29) is 12.1 Å². The summed E-state index contributed by atoms with van der Waals surface area (Å²) in [6.45, 7) is 4.49. The average molecular weight is 451 g/mol. The van der Waals surface area contributed by atoms with Gasteiger partial charge in [-0.25, -0.2) is 14.8 Å². The van der Waals surface area contributed by atoms with Gasteiger partial charge in [-0.3, -0.25) is 0 Å². The Morgan fingerprint density at radius 2 is 1.48 bits per heavy atom. The maximum absolute atomic E-state index is 12.6. The molecule has 3 rings (SSSR count). The number of rotatable bonds is 13. The molecule has 0 spiro atoms. The third-order valence-corrected chi connectivity index (χ3v) is 6.94. The molecule has 1 heterocycles. The Balaban J connectivity index is 1.43. The van der Waals surface area contributed by atoms with Crippen molar-refractivity contribution in [1.82, 2.24) is 9.97 Å². The van der Waals surface area contributed by atoms with Gasteiger partial charge in [-0.2, -0.15) is 0 Å². The molecule has 0 radical (unpaired) electrons. The molecule has 4 nitrogen and oxygen atoms in total. The van der Waals surface area contributed by atoms with Crippen molar-refractivity contribution >= 4 is 5.97 Å². The molecule has 4 heteroatoms. The molecule has 33 heavy (non-hydrogen) atoms. The minimum atomic E-state index is -0.213. The smallest absolute Gasteiger partial charge is 0.338 e. The van der Waals surface area contributed by atoms with Crippen LogP contribution in [0.4, 0.5) is 0 Å². The standard InChI is InChI=1S/C29H42N2O2/c1-3-5-7-8-10-12-24-21-30-28(31-22-24)25-15-17-26(18-16-25)29(32)33-27-19-13-23(14-20-27)11-9-6-4-2/h15-18,21-23,27H,3-14,19-20H2,1-2H3. The fourth-order valence-corrected chi connectivity index (χ4v) is 4.76. The van der Waals surface area contributed by atoms with E-state index in [2.05, 4.69) is 23.8 Å². The average Bonchev–Trinajstić information content (AvgIpc) is 2.86. The first-order valence-corrected chi connectivity index (χ1v) is 13.3. The van der Waals surface area contributed by atoms with Gasteiger partial charge in [0.2, 0.25) is 0 Å².